The molecule has 0 aromatic heterocycles. The number of hydrogen-bond donors (Lipinski definition) is 2. The molecule has 2 nitrogen and oxygen atoms in total. The van der Waals surface area contributed by atoms with Gasteiger partial charge >= 0.3 is 0 Å². The smallest absolute Gasteiger partial charge is 0.128 e. The lowest BCUT2D eigenvalue weighted by Gasteiger charge is -2.12. The number of nitrogens with one attached hydrogen (secondary N) is 1. The second-order valence-electron chi connectivity index (χ2n) is 4.00. The maximum Gasteiger partial charge on any atom is 0.128 e. The summed E-state index contributed by atoms with van der Waals surface area (Å²) >= 11 is 10.9. The highest BCUT2D eigenvalue weighted by Gasteiger charge is 2.07. The highest BCUT2D eigenvalue weighted by atomic mass is 35.5. The molecule has 0 amide bonds. The normalized spacial score (nSPS) is 10.2. The van der Waals surface area contributed by atoms with Crippen LogP contribution in [0, 0.1) is 5.82 Å². The molecule has 0 heterocycles. The van der Waals surface area contributed by atoms with Gasteiger partial charge in [0.05, 0.1) is 0 Å². The molecule has 0 aliphatic rings. The SMILES string of the molecule is NC(=S)c1ccc(Cl)cc1NCc1ccccc1F. The fraction of sp³-hybridized carbons (Fsp3) is 0.0714. The van der Waals surface area contributed by atoms with Gasteiger partial charge in [0.1, 0.15) is 10.8 Å². The van der Waals surface area contributed by atoms with Gasteiger partial charge in [0.15, 0.2) is 0 Å². The molecule has 2 aromatic carbocycles. The van der Waals surface area contributed by atoms with Gasteiger partial charge in [0.25, 0.3) is 0 Å². The molecular weight excluding hydrogens is 283 g/mol. The third-order valence-electron chi connectivity index (χ3n) is 2.67. The van der Waals surface area contributed by atoms with Crippen molar-refractivity contribution in [1.82, 2.24) is 0 Å². The van der Waals surface area contributed by atoms with Crippen LogP contribution in [0.15, 0.2) is 42.5 Å². The summed E-state index contributed by atoms with van der Waals surface area (Å²) in [7, 11) is 0. The first-order chi connectivity index (χ1) is 9.08. The molecular formula is C14H12ClFN2S. The largest absolute Gasteiger partial charge is 0.389 e. The Morgan fingerprint density at radius 3 is 2.68 bits per heavy atom. The molecule has 0 aliphatic carbocycles. The molecule has 0 saturated heterocycles. The summed E-state index contributed by atoms with van der Waals surface area (Å²) in [6.07, 6.45) is 0. The summed E-state index contributed by atoms with van der Waals surface area (Å²) in [5, 5.41) is 3.67. The number of halogens is 2. The lowest BCUT2D eigenvalue weighted by atomic mass is 10.1. The Morgan fingerprint density at radius 1 is 1.26 bits per heavy atom. The van der Waals surface area contributed by atoms with Crippen LogP contribution in [-0.2, 0) is 6.54 Å². The summed E-state index contributed by atoms with van der Waals surface area (Å²) in [5.41, 5.74) is 7.59. The first kappa shape index (κ1) is 13.8. The standard InChI is InChI=1S/C14H12ClFN2S/c15-10-5-6-11(14(17)19)13(7-10)18-8-9-3-1-2-4-12(9)16/h1-7,18H,8H2,(H2,17,19). The van der Waals surface area contributed by atoms with Crippen molar-refractivity contribution in [2.45, 2.75) is 6.54 Å². The number of rotatable bonds is 4. The van der Waals surface area contributed by atoms with Gasteiger partial charge in [0.2, 0.25) is 0 Å². The first-order valence-electron chi connectivity index (χ1n) is 5.64. The van der Waals surface area contributed by atoms with Crippen molar-refractivity contribution in [2.24, 2.45) is 5.73 Å². The maximum absolute atomic E-state index is 13.5. The molecule has 0 aliphatic heterocycles. The minimum absolute atomic E-state index is 0.256. The van der Waals surface area contributed by atoms with E-state index in [4.69, 9.17) is 29.6 Å². The van der Waals surface area contributed by atoms with Crippen LogP contribution in [0.2, 0.25) is 5.02 Å². The Bertz CT molecular complexity index is 616. The minimum atomic E-state index is -0.256. The first-order valence-corrected chi connectivity index (χ1v) is 6.43. The van der Waals surface area contributed by atoms with Gasteiger partial charge in [0, 0.05) is 28.4 Å². The third kappa shape index (κ3) is 3.43. The monoisotopic (exact) mass is 294 g/mol. The van der Waals surface area contributed by atoms with E-state index in [0.29, 0.717) is 28.4 Å². The van der Waals surface area contributed by atoms with Crippen molar-refractivity contribution in [3.05, 3.63) is 64.4 Å². The zero-order valence-corrected chi connectivity index (χ0v) is 11.6. The Labute approximate surface area is 121 Å². The van der Waals surface area contributed by atoms with Crippen LogP contribution in [0.5, 0.6) is 0 Å². The molecule has 19 heavy (non-hydrogen) atoms. The van der Waals surface area contributed by atoms with Crippen molar-refractivity contribution in [2.75, 3.05) is 5.32 Å². The highest BCUT2D eigenvalue weighted by Crippen LogP contribution is 2.22. The van der Waals surface area contributed by atoms with E-state index in [1.165, 1.54) is 6.07 Å². The topological polar surface area (TPSA) is 38.0 Å². The molecule has 3 N–H and O–H groups in total. The molecule has 5 heteroatoms. The predicted octanol–water partition coefficient (Wildman–Crippen LogP) is 3.73. The van der Waals surface area contributed by atoms with E-state index >= 15 is 0 Å². The van der Waals surface area contributed by atoms with Gasteiger partial charge in [-0.1, -0.05) is 42.0 Å². The van der Waals surface area contributed by atoms with Crippen LogP contribution in [0.4, 0.5) is 10.1 Å². The van der Waals surface area contributed by atoms with Crippen molar-refractivity contribution in [1.29, 1.82) is 0 Å². The minimum Gasteiger partial charge on any atom is -0.389 e. The fourth-order valence-electron chi connectivity index (χ4n) is 1.71. The Balaban J connectivity index is 2.22. The molecule has 0 unspecified atom stereocenters. The van der Waals surface area contributed by atoms with Crippen molar-refractivity contribution >= 4 is 34.5 Å². The van der Waals surface area contributed by atoms with E-state index in [1.54, 1.807) is 36.4 Å². The van der Waals surface area contributed by atoms with Crippen molar-refractivity contribution in [3.63, 3.8) is 0 Å². The van der Waals surface area contributed by atoms with Crippen LogP contribution in [0.3, 0.4) is 0 Å². The number of hydrogen-bond acceptors (Lipinski definition) is 2. The highest BCUT2D eigenvalue weighted by molar-refractivity contribution is 7.80. The van der Waals surface area contributed by atoms with Crippen LogP contribution < -0.4 is 11.1 Å². The lowest BCUT2D eigenvalue weighted by Crippen LogP contribution is -2.13. The number of benzene rings is 2. The number of thiocarbonyl (C=S) groups is 1. The summed E-state index contributed by atoms with van der Waals surface area (Å²) < 4.78 is 13.5. The lowest BCUT2D eigenvalue weighted by molar-refractivity contribution is 0.613. The van der Waals surface area contributed by atoms with Gasteiger partial charge in [-0.05, 0) is 24.3 Å². The molecule has 0 saturated carbocycles. The fourth-order valence-corrected chi connectivity index (χ4v) is 2.06. The third-order valence-corrected chi connectivity index (χ3v) is 3.13. The molecule has 2 rings (SSSR count). The van der Waals surface area contributed by atoms with Gasteiger partial charge in [-0.25, -0.2) is 4.39 Å². The average molecular weight is 295 g/mol. The maximum atomic E-state index is 13.5. The van der Waals surface area contributed by atoms with E-state index < -0.39 is 0 Å². The van der Waals surface area contributed by atoms with E-state index in [2.05, 4.69) is 5.32 Å². The molecule has 98 valence electrons. The van der Waals surface area contributed by atoms with E-state index in [9.17, 15) is 4.39 Å². The van der Waals surface area contributed by atoms with Crippen LogP contribution >= 0.6 is 23.8 Å². The molecule has 0 fully saturated rings. The molecule has 0 spiro atoms. The average Bonchev–Trinajstić information content (AvgIpc) is 2.37. The van der Waals surface area contributed by atoms with Crippen molar-refractivity contribution in [3.8, 4) is 0 Å². The van der Waals surface area contributed by atoms with E-state index in [-0.39, 0.29) is 10.8 Å². The second kappa shape index (κ2) is 5.99. The van der Waals surface area contributed by atoms with Crippen LogP contribution in [-0.4, -0.2) is 4.99 Å². The quantitative estimate of drug-likeness (QED) is 0.844. The zero-order chi connectivity index (χ0) is 13.8. The Kier molecular flexibility index (Phi) is 4.35. The summed E-state index contributed by atoms with van der Waals surface area (Å²) in [5.74, 6) is -0.256. The van der Waals surface area contributed by atoms with E-state index in [1.807, 2.05) is 0 Å². The van der Waals surface area contributed by atoms with Crippen LogP contribution in [0.25, 0.3) is 0 Å². The molecule has 0 atom stereocenters. The van der Waals surface area contributed by atoms with Gasteiger partial charge < -0.3 is 11.1 Å². The van der Waals surface area contributed by atoms with Crippen LogP contribution in [0.1, 0.15) is 11.1 Å². The summed E-state index contributed by atoms with van der Waals surface area (Å²) in [6.45, 7) is 0.336. The molecule has 2 aromatic rings. The van der Waals surface area contributed by atoms with Gasteiger partial charge in [-0.2, -0.15) is 0 Å². The van der Waals surface area contributed by atoms with Crippen molar-refractivity contribution < 1.29 is 4.39 Å². The Hall–Kier alpha value is -1.65. The zero-order valence-electron chi connectivity index (χ0n) is 9.99. The van der Waals surface area contributed by atoms with Gasteiger partial charge in [-0.15, -0.1) is 0 Å². The second-order valence-corrected chi connectivity index (χ2v) is 4.88. The molecule has 0 radical (unpaired) electrons. The predicted molar refractivity (Wildman–Crippen MR) is 81.1 cm³/mol. The number of nitrogens with two attached hydrogens (primary N) is 1. The molecule has 0 bridgehead atoms. The number of anilines is 1. The van der Waals surface area contributed by atoms with Gasteiger partial charge in [-0.3, -0.25) is 0 Å². The van der Waals surface area contributed by atoms with E-state index in [0.717, 1.165) is 0 Å². The Morgan fingerprint density at radius 2 is 2.00 bits per heavy atom. The summed E-state index contributed by atoms with van der Waals surface area (Å²) in [4.78, 5) is 0.271. The summed E-state index contributed by atoms with van der Waals surface area (Å²) in [6, 6.07) is 11.7.